The highest BCUT2D eigenvalue weighted by molar-refractivity contribution is 6.32. The van der Waals surface area contributed by atoms with Gasteiger partial charge in [0.25, 0.3) is 0 Å². The third-order valence-corrected chi connectivity index (χ3v) is 2.89. The molecule has 2 aromatic rings. The van der Waals surface area contributed by atoms with E-state index in [0.29, 0.717) is 29.9 Å². The van der Waals surface area contributed by atoms with Gasteiger partial charge in [-0.05, 0) is 23.6 Å². The Kier molecular flexibility index (Phi) is 5.18. The molecule has 0 fully saturated rings. The summed E-state index contributed by atoms with van der Waals surface area (Å²) in [6, 6.07) is 7.99. The fourth-order valence-electron chi connectivity index (χ4n) is 1.64. The molecule has 106 valence electrons. The predicted molar refractivity (Wildman–Crippen MR) is 81.1 cm³/mol. The number of nitrogens with one attached hydrogen (secondary N) is 1. The average molecular weight is 292 g/mol. The molecule has 1 heterocycles. The lowest BCUT2D eigenvalue weighted by Crippen LogP contribution is -2.06. The largest absolute Gasteiger partial charge is 0.493 e. The normalized spacial score (nSPS) is 10.6. The molecule has 0 aliphatic rings. The standard InChI is InChI=1S/C15H18ClN3O/c1-11(2)9-20-13-5-3-4-12(6-13)7-18-15-14(16)8-17-10-19-15/h3-6,8,10-11H,7,9H2,1-2H3,(H,17,18,19). The first-order chi connectivity index (χ1) is 9.65. The molecule has 0 amide bonds. The maximum atomic E-state index is 5.99. The molecule has 20 heavy (non-hydrogen) atoms. The van der Waals surface area contributed by atoms with Crippen LogP contribution in [-0.2, 0) is 6.54 Å². The molecular formula is C15H18ClN3O. The monoisotopic (exact) mass is 291 g/mol. The van der Waals surface area contributed by atoms with Crippen molar-refractivity contribution in [2.45, 2.75) is 20.4 Å². The van der Waals surface area contributed by atoms with E-state index in [9.17, 15) is 0 Å². The van der Waals surface area contributed by atoms with Gasteiger partial charge in [-0.25, -0.2) is 9.97 Å². The molecule has 1 aromatic carbocycles. The smallest absolute Gasteiger partial charge is 0.148 e. The summed E-state index contributed by atoms with van der Waals surface area (Å²) in [7, 11) is 0. The first kappa shape index (κ1) is 14.6. The zero-order chi connectivity index (χ0) is 14.4. The van der Waals surface area contributed by atoms with Crippen LogP contribution < -0.4 is 10.1 Å². The summed E-state index contributed by atoms with van der Waals surface area (Å²) in [5, 5.41) is 3.70. The highest BCUT2D eigenvalue weighted by Crippen LogP contribution is 2.19. The van der Waals surface area contributed by atoms with Crippen molar-refractivity contribution in [3.8, 4) is 5.75 Å². The highest BCUT2D eigenvalue weighted by Gasteiger charge is 2.02. The molecule has 0 aliphatic carbocycles. The molecular weight excluding hydrogens is 274 g/mol. The van der Waals surface area contributed by atoms with Crippen molar-refractivity contribution in [2.75, 3.05) is 11.9 Å². The zero-order valence-electron chi connectivity index (χ0n) is 11.6. The Bertz CT molecular complexity index is 560. The number of anilines is 1. The van der Waals surface area contributed by atoms with Gasteiger partial charge in [-0.2, -0.15) is 0 Å². The molecule has 0 bridgehead atoms. The van der Waals surface area contributed by atoms with Gasteiger partial charge in [0, 0.05) is 6.54 Å². The number of hydrogen-bond acceptors (Lipinski definition) is 4. The maximum Gasteiger partial charge on any atom is 0.148 e. The van der Waals surface area contributed by atoms with Crippen LogP contribution in [0.15, 0.2) is 36.8 Å². The third kappa shape index (κ3) is 4.38. The molecule has 0 unspecified atom stereocenters. The Morgan fingerprint density at radius 3 is 2.95 bits per heavy atom. The summed E-state index contributed by atoms with van der Waals surface area (Å²) in [5.74, 6) is 2.03. The van der Waals surface area contributed by atoms with Gasteiger partial charge >= 0.3 is 0 Å². The lowest BCUT2D eigenvalue weighted by Gasteiger charge is -2.11. The van der Waals surface area contributed by atoms with Crippen LogP contribution in [0, 0.1) is 5.92 Å². The second-order valence-electron chi connectivity index (χ2n) is 4.93. The molecule has 1 aromatic heterocycles. The molecule has 5 heteroatoms. The van der Waals surface area contributed by atoms with Crippen LogP contribution in [0.5, 0.6) is 5.75 Å². The van der Waals surface area contributed by atoms with Crippen molar-refractivity contribution in [1.29, 1.82) is 0 Å². The Hall–Kier alpha value is -1.81. The van der Waals surface area contributed by atoms with Gasteiger partial charge < -0.3 is 10.1 Å². The topological polar surface area (TPSA) is 47.0 Å². The van der Waals surface area contributed by atoms with Crippen LogP contribution in [0.2, 0.25) is 5.02 Å². The van der Waals surface area contributed by atoms with E-state index in [1.165, 1.54) is 6.33 Å². The van der Waals surface area contributed by atoms with E-state index in [1.807, 2.05) is 24.3 Å². The molecule has 0 saturated carbocycles. The maximum absolute atomic E-state index is 5.99. The number of aromatic nitrogens is 2. The SMILES string of the molecule is CC(C)COc1cccc(CNc2ncncc2Cl)c1. The zero-order valence-corrected chi connectivity index (χ0v) is 12.4. The van der Waals surface area contributed by atoms with E-state index in [2.05, 4.69) is 29.1 Å². The molecule has 4 nitrogen and oxygen atoms in total. The van der Waals surface area contributed by atoms with Gasteiger partial charge in [-0.3, -0.25) is 0 Å². The van der Waals surface area contributed by atoms with Crippen molar-refractivity contribution in [3.63, 3.8) is 0 Å². The van der Waals surface area contributed by atoms with E-state index in [1.54, 1.807) is 6.20 Å². The Labute approximate surface area is 124 Å². The predicted octanol–water partition coefficient (Wildman–Crippen LogP) is 3.78. The van der Waals surface area contributed by atoms with Crippen molar-refractivity contribution in [2.24, 2.45) is 5.92 Å². The van der Waals surface area contributed by atoms with Crippen molar-refractivity contribution >= 4 is 17.4 Å². The number of ether oxygens (including phenoxy) is 1. The van der Waals surface area contributed by atoms with Crippen molar-refractivity contribution in [1.82, 2.24) is 9.97 Å². The fraction of sp³-hybridized carbons (Fsp3) is 0.333. The van der Waals surface area contributed by atoms with E-state index in [0.717, 1.165) is 11.3 Å². The molecule has 0 spiro atoms. The minimum Gasteiger partial charge on any atom is -0.493 e. The number of benzene rings is 1. The summed E-state index contributed by atoms with van der Waals surface area (Å²) >= 11 is 5.99. The Balaban J connectivity index is 1.96. The van der Waals surface area contributed by atoms with E-state index >= 15 is 0 Å². The quantitative estimate of drug-likeness (QED) is 0.880. The van der Waals surface area contributed by atoms with Crippen molar-refractivity contribution < 1.29 is 4.74 Å². The fourth-order valence-corrected chi connectivity index (χ4v) is 1.81. The van der Waals surface area contributed by atoms with Crippen LogP contribution in [0.1, 0.15) is 19.4 Å². The highest BCUT2D eigenvalue weighted by atomic mass is 35.5. The van der Waals surface area contributed by atoms with E-state index in [-0.39, 0.29) is 0 Å². The van der Waals surface area contributed by atoms with E-state index < -0.39 is 0 Å². The van der Waals surface area contributed by atoms with Crippen LogP contribution >= 0.6 is 11.6 Å². The molecule has 0 saturated heterocycles. The number of rotatable bonds is 6. The summed E-state index contributed by atoms with van der Waals surface area (Å²) in [6.45, 7) is 5.61. The van der Waals surface area contributed by atoms with Gasteiger partial charge in [-0.1, -0.05) is 37.6 Å². The molecule has 0 atom stereocenters. The van der Waals surface area contributed by atoms with Gasteiger partial charge in [0.1, 0.15) is 22.9 Å². The second-order valence-corrected chi connectivity index (χ2v) is 5.33. The van der Waals surface area contributed by atoms with Gasteiger partial charge in [0.15, 0.2) is 0 Å². The molecule has 2 rings (SSSR count). The number of hydrogen-bond donors (Lipinski definition) is 1. The van der Waals surface area contributed by atoms with Crippen molar-refractivity contribution in [3.05, 3.63) is 47.4 Å². The summed E-state index contributed by atoms with van der Waals surface area (Å²) in [4.78, 5) is 7.94. The lowest BCUT2D eigenvalue weighted by atomic mass is 10.2. The van der Waals surface area contributed by atoms with Crippen LogP contribution in [0.4, 0.5) is 5.82 Å². The Morgan fingerprint density at radius 2 is 2.20 bits per heavy atom. The summed E-state index contributed by atoms with van der Waals surface area (Å²) in [5.41, 5.74) is 1.11. The van der Waals surface area contributed by atoms with Gasteiger partial charge in [0.2, 0.25) is 0 Å². The first-order valence-corrected chi connectivity index (χ1v) is 6.94. The van der Waals surface area contributed by atoms with E-state index in [4.69, 9.17) is 16.3 Å². The number of nitrogens with zero attached hydrogens (tertiary/aromatic N) is 2. The average Bonchev–Trinajstić information content (AvgIpc) is 2.45. The molecule has 1 N–H and O–H groups in total. The lowest BCUT2D eigenvalue weighted by molar-refractivity contribution is 0.271. The Morgan fingerprint density at radius 1 is 1.35 bits per heavy atom. The summed E-state index contributed by atoms with van der Waals surface area (Å²) < 4.78 is 5.70. The van der Waals surface area contributed by atoms with Crippen LogP contribution in [0.3, 0.4) is 0 Å². The number of halogens is 1. The van der Waals surface area contributed by atoms with Gasteiger partial charge in [-0.15, -0.1) is 0 Å². The minimum absolute atomic E-state index is 0.511. The molecule has 0 aliphatic heterocycles. The second kappa shape index (κ2) is 7.10. The molecule has 0 radical (unpaired) electrons. The minimum atomic E-state index is 0.511. The van der Waals surface area contributed by atoms with Crippen LogP contribution in [0.25, 0.3) is 0 Å². The van der Waals surface area contributed by atoms with Crippen LogP contribution in [-0.4, -0.2) is 16.6 Å². The van der Waals surface area contributed by atoms with Gasteiger partial charge in [0.05, 0.1) is 12.8 Å². The third-order valence-electron chi connectivity index (χ3n) is 2.61. The summed E-state index contributed by atoms with van der Waals surface area (Å²) in [6.07, 6.45) is 3.04. The first-order valence-electron chi connectivity index (χ1n) is 6.56.